The van der Waals surface area contributed by atoms with Crippen LogP contribution in [0.15, 0.2) is 22.7 Å². The molecule has 0 spiro atoms. The second-order valence-corrected chi connectivity index (χ2v) is 5.88. The van der Waals surface area contributed by atoms with Crippen LogP contribution < -0.4 is 5.32 Å². The first kappa shape index (κ1) is 15.6. The van der Waals surface area contributed by atoms with Gasteiger partial charge in [0, 0.05) is 16.7 Å². The summed E-state index contributed by atoms with van der Waals surface area (Å²) in [6.45, 7) is 4.00. The minimum Gasteiger partial charge on any atom is -0.385 e. The van der Waals surface area contributed by atoms with Crippen LogP contribution in [0.25, 0.3) is 0 Å². The molecule has 1 aromatic rings. The molecule has 1 aromatic carbocycles. The lowest BCUT2D eigenvalue weighted by atomic mass is 10.2. The van der Waals surface area contributed by atoms with Gasteiger partial charge in [0.25, 0.3) is 0 Å². The molecule has 112 valence electrons. The highest BCUT2D eigenvalue weighted by Gasteiger charge is 2.33. The first-order chi connectivity index (χ1) is 9.47. The van der Waals surface area contributed by atoms with Crippen LogP contribution in [-0.4, -0.2) is 31.1 Å². The SMILES string of the molecule is FC(F)(F)c1cc(NCCCN2CCCC2)ccc1Br. The van der Waals surface area contributed by atoms with E-state index in [9.17, 15) is 13.2 Å². The van der Waals surface area contributed by atoms with Crippen molar-refractivity contribution in [2.45, 2.75) is 25.4 Å². The highest BCUT2D eigenvalue weighted by Crippen LogP contribution is 2.36. The Balaban J connectivity index is 1.83. The summed E-state index contributed by atoms with van der Waals surface area (Å²) < 4.78 is 38.3. The maximum atomic E-state index is 12.8. The zero-order valence-electron chi connectivity index (χ0n) is 11.1. The molecule has 1 heterocycles. The summed E-state index contributed by atoms with van der Waals surface area (Å²) in [5.74, 6) is 0. The molecule has 0 amide bonds. The molecule has 0 unspecified atom stereocenters. The van der Waals surface area contributed by atoms with Crippen molar-refractivity contribution < 1.29 is 13.2 Å². The molecule has 6 heteroatoms. The first-order valence-electron chi connectivity index (χ1n) is 6.80. The Hall–Kier alpha value is -0.750. The Morgan fingerprint density at radius 1 is 1.20 bits per heavy atom. The zero-order chi connectivity index (χ0) is 14.6. The normalized spacial score (nSPS) is 16.6. The highest BCUT2D eigenvalue weighted by molar-refractivity contribution is 9.10. The molecule has 20 heavy (non-hydrogen) atoms. The molecule has 0 aromatic heterocycles. The number of hydrogen-bond acceptors (Lipinski definition) is 2. The summed E-state index contributed by atoms with van der Waals surface area (Å²) in [6.07, 6.45) is -0.867. The van der Waals surface area contributed by atoms with Crippen molar-refractivity contribution in [3.63, 3.8) is 0 Å². The fourth-order valence-corrected chi connectivity index (χ4v) is 2.87. The number of anilines is 1. The molecular formula is C14H18BrF3N2. The van der Waals surface area contributed by atoms with Crippen LogP contribution in [0.5, 0.6) is 0 Å². The Morgan fingerprint density at radius 3 is 2.55 bits per heavy atom. The van der Waals surface area contributed by atoms with Gasteiger partial charge >= 0.3 is 6.18 Å². The fraction of sp³-hybridized carbons (Fsp3) is 0.571. The molecule has 2 nitrogen and oxygen atoms in total. The van der Waals surface area contributed by atoms with Gasteiger partial charge in [-0.15, -0.1) is 0 Å². The average molecular weight is 351 g/mol. The van der Waals surface area contributed by atoms with Gasteiger partial charge in [-0.2, -0.15) is 13.2 Å². The van der Waals surface area contributed by atoms with Gasteiger partial charge < -0.3 is 10.2 Å². The topological polar surface area (TPSA) is 15.3 Å². The van der Waals surface area contributed by atoms with E-state index in [2.05, 4.69) is 26.1 Å². The maximum Gasteiger partial charge on any atom is 0.417 e. The molecule has 0 bridgehead atoms. The predicted octanol–water partition coefficient (Wildman–Crippen LogP) is 4.37. The van der Waals surface area contributed by atoms with E-state index < -0.39 is 11.7 Å². The van der Waals surface area contributed by atoms with Gasteiger partial charge in [0.2, 0.25) is 0 Å². The van der Waals surface area contributed by atoms with Gasteiger partial charge in [0.1, 0.15) is 0 Å². The van der Waals surface area contributed by atoms with E-state index in [1.165, 1.54) is 18.9 Å². The Labute approximate surface area is 125 Å². The molecular weight excluding hydrogens is 333 g/mol. The number of benzene rings is 1. The van der Waals surface area contributed by atoms with Crippen molar-refractivity contribution in [2.75, 3.05) is 31.5 Å². The van der Waals surface area contributed by atoms with Gasteiger partial charge in [-0.25, -0.2) is 0 Å². The van der Waals surface area contributed by atoms with Crippen LogP contribution in [0.3, 0.4) is 0 Å². The van der Waals surface area contributed by atoms with Crippen molar-refractivity contribution in [3.8, 4) is 0 Å². The summed E-state index contributed by atoms with van der Waals surface area (Å²) in [7, 11) is 0. The standard InChI is InChI=1S/C14H18BrF3N2/c15-13-5-4-11(10-12(13)14(16,17)18)19-6-3-9-20-7-1-2-8-20/h4-5,10,19H,1-3,6-9H2. The van der Waals surface area contributed by atoms with Crippen LogP contribution in [0.2, 0.25) is 0 Å². The molecule has 1 aliphatic heterocycles. The van der Waals surface area contributed by atoms with E-state index in [0.29, 0.717) is 12.2 Å². The Bertz CT molecular complexity index is 443. The first-order valence-corrected chi connectivity index (χ1v) is 7.59. The van der Waals surface area contributed by atoms with Crippen LogP contribution >= 0.6 is 15.9 Å². The third-order valence-corrected chi connectivity index (χ3v) is 4.14. The lowest BCUT2D eigenvalue weighted by Gasteiger charge is -2.15. The molecule has 0 radical (unpaired) electrons. The van der Waals surface area contributed by atoms with E-state index in [4.69, 9.17) is 0 Å². The second kappa shape index (κ2) is 6.80. The van der Waals surface area contributed by atoms with Crippen molar-refractivity contribution in [1.82, 2.24) is 4.90 Å². The van der Waals surface area contributed by atoms with Crippen LogP contribution in [0, 0.1) is 0 Å². The van der Waals surface area contributed by atoms with E-state index in [1.807, 2.05) is 0 Å². The zero-order valence-corrected chi connectivity index (χ0v) is 12.7. The number of rotatable bonds is 5. The van der Waals surface area contributed by atoms with Gasteiger partial charge in [0.05, 0.1) is 5.56 Å². The smallest absolute Gasteiger partial charge is 0.385 e. The lowest BCUT2D eigenvalue weighted by molar-refractivity contribution is -0.138. The molecule has 1 fully saturated rings. The van der Waals surface area contributed by atoms with Gasteiger partial charge in [0.15, 0.2) is 0 Å². The van der Waals surface area contributed by atoms with Crippen LogP contribution in [-0.2, 0) is 6.18 Å². The Morgan fingerprint density at radius 2 is 1.90 bits per heavy atom. The Kier molecular flexibility index (Phi) is 5.32. The molecule has 0 aliphatic carbocycles. The molecule has 0 saturated carbocycles. The molecule has 1 saturated heterocycles. The van der Waals surface area contributed by atoms with Crippen molar-refractivity contribution in [3.05, 3.63) is 28.2 Å². The predicted molar refractivity (Wildman–Crippen MR) is 77.9 cm³/mol. The third-order valence-electron chi connectivity index (χ3n) is 3.45. The van der Waals surface area contributed by atoms with E-state index in [0.717, 1.165) is 32.1 Å². The average Bonchev–Trinajstić information content (AvgIpc) is 2.88. The minimum atomic E-state index is -4.33. The molecule has 1 N–H and O–H groups in total. The van der Waals surface area contributed by atoms with Crippen molar-refractivity contribution in [2.24, 2.45) is 0 Å². The number of halogens is 4. The van der Waals surface area contributed by atoms with Gasteiger partial charge in [-0.3, -0.25) is 0 Å². The molecule has 2 rings (SSSR count). The third kappa shape index (κ3) is 4.38. The maximum absolute atomic E-state index is 12.8. The van der Waals surface area contributed by atoms with Crippen molar-refractivity contribution in [1.29, 1.82) is 0 Å². The monoisotopic (exact) mass is 350 g/mol. The van der Waals surface area contributed by atoms with Crippen LogP contribution in [0.1, 0.15) is 24.8 Å². The number of hydrogen-bond donors (Lipinski definition) is 1. The number of nitrogens with one attached hydrogen (secondary N) is 1. The summed E-state index contributed by atoms with van der Waals surface area (Å²) in [5, 5.41) is 3.06. The number of alkyl halides is 3. The summed E-state index contributed by atoms with van der Waals surface area (Å²) in [6, 6.07) is 4.25. The van der Waals surface area contributed by atoms with Gasteiger partial charge in [-0.1, -0.05) is 15.9 Å². The number of likely N-dealkylation sites (tertiary alicyclic amines) is 1. The number of nitrogens with zero attached hydrogens (tertiary/aromatic N) is 1. The van der Waals surface area contributed by atoms with E-state index >= 15 is 0 Å². The summed E-state index contributed by atoms with van der Waals surface area (Å²) in [5.41, 5.74) is -0.121. The lowest BCUT2D eigenvalue weighted by Crippen LogP contribution is -2.22. The quantitative estimate of drug-likeness (QED) is 0.793. The fourth-order valence-electron chi connectivity index (χ4n) is 2.39. The largest absolute Gasteiger partial charge is 0.417 e. The summed E-state index contributed by atoms with van der Waals surface area (Å²) in [4.78, 5) is 2.39. The minimum absolute atomic E-state index is 0.0765. The van der Waals surface area contributed by atoms with Crippen molar-refractivity contribution >= 4 is 21.6 Å². The van der Waals surface area contributed by atoms with Crippen LogP contribution in [0.4, 0.5) is 18.9 Å². The van der Waals surface area contributed by atoms with E-state index in [1.54, 1.807) is 6.07 Å². The molecule has 0 atom stereocenters. The summed E-state index contributed by atoms with van der Waals surface area (Å²) >= 11 is 2.94. The molecule has 1 aliphatic rings. The highest BCUT2D eigenvalue weighted by atomic mass is 79.9. The van der Waals surface area contributed by atoms with Gasteiger partial charge in [-0.05, 0) is 57.1 Å². The van der Waals surface area contributed by atoms with E-state index in [-0.39, 0.29) is 4.47 Å². The second-order valence-electron chi connectivity index (χ2n) is 5.02.